The van der Waals surface area contributed by atoms with Gasteiger partial charge < -0.3 is 40.1 Å². The van der Waals surface area contributed by atoms with Crippen molar-refractivity contribution >= 4 is 34.7 Å². The zero-order valence-corrected chi connectivity index (χ0v) is 38.0. The maximum absolute atomic E-state index is 14.3. The predicted octanol–water partition coefficient (Wildman–Crippen LogP) is 5.86. The number of hydrogen-bond acceptors (Lipinski definition) is 14. The molecule has 0 aliphatic carbocycles. The largest absolute Gasteiger partial charge is 0.507 e. The third kappa shape index (κ3) is 9.23. The van der Waals surface area contributed by atoms with Gasteiger partial charge in [-0.3, -0.25) is 14.5 Å². The van der Waals surface area contributed by atoms with Gasteiger partial charge in [0.15, 0.2) is 5.82 Å². The van der Waals surface area contributed by atoms with Crippen LogP contribution in [0.25, 0.3) is 21.7 Å². The number of amides is 2. The maximum atomic E-state index is 14.3. The van der Waals surface area contributed by atoms with Crippen molar-refractivity contribution in [1.82, 2.24) is 40.4 Å². The van der Waals surface area contributed by atoms with Gasteiger partial charge >= 0.3 is 0 Å². The SMILES string of the molecule is Cc1ncsc1-c1ccc([C@H](C)NC(=O)[C@@H]2C[C@@H](O)CN2C(=O)[C@@H](c2cc(CCCN3CCC(N4CCN5c6cc(-c7ccccc7O)nnc6NCC5C4)CC3)no2)C(C)C)cc1. The molecule has 5 atom stereocenters. The highest BCUT2D eigenvalue weighted by Crippen LogP contribution is 2.37. The Morgan fingerprint density at radius 2 is 1.78 bits per heavy atom. The summed E-state index contributed by atoms with van der Waals surface area (Å²) in [5.74, 6) is 0.260. The third-order valence-corrected chi connectivity index (χ3v) is 14.7. The number of carbonyl (C=O) groups is 2. The lowest BCUT2D eigenvalue weighted by atomic mass is 9.91. The number of aryl methyl sites for hydroxylation is 2. The summed E-state index contributed by atoms with van der Waals surface area (Å²) in [4.78, 5) is 42.7. The van der Waals surface area contributed by atoms with E-state index in [-0.39, 0.29) is 42.5 Å². The average molecular weight is 889 g/mol. The van der Waals surface area contributed by atoms with E-state index in [1.807, 2.05) is 81.7 Å². The van der Waals surface area contributed by atoms with Crippen LogP contribution in [0.5, 0.6) is 5.75 Å². The van der Waals surface area contributed by atoms with Crippen molar-refractivity contribution in [2.45, 2.75) is 96.0 Å². The summed E-state index contributed by atoms with van der Waals surface area (Å²) >= 11 is 1.60. The van der Waals surface area contributed by atoms with Crippen LogP contribution in [0, 0.1) is 12.8 Å². The minimum absolute atomic E-state index is 0.0932. The number of fused-ring (bicyclic) bond motifs is 3. The molecule has 1 unspecified atom stereocenters. The fourth-order valence-corrected chi connectivity index (χ4v) is 11.0. The number of likely N-dealkylation sites (tertiary alicyclic amines) is 2. The van der Waals surface area contributed by atoms with Crippen molar-refractivity contribution in [3.05, 3.63) is 88.9 Å². The first-order valence-electron chi connectivity index (χ1n) is 22.9. The molecule has 4 N–H and O–H groups in total. The van der Waals surface area contributed by atoms with Crippen molar-refractivity contribution in [3.63, 3.8) is 0 Å². The Kier molecular flexibility index (Phi) is 13.0. The van der Waals surface area contributed by atoms with Crippen LogP contribution in [0.4, 0.5) is 11.5 Å². The van der Waals surface area contributed by atoms with Gasteiger partial charge in [0.2, 0.25) is 11.8 Å². The summed E-state index contributed by atoms with van der Waals surface area (Å²) in [5, 5.41) is 41.0. The van der Waals surface area contributed by atoms with Gasteiger partial charge in [0, 0.05) is 56.8 Å². The van der Waals surface area contributed by atoms with Gasteiger partial charge in [-0.1, -0.05) is 55.4 Å². The molecule has 15 nitrogen and oxygen atoms in total. The molecule has 4 aliphatic heterocycles. The average Bonchev–Trinajstić information content (AvgIpc) is 4.06. The predicted molar refractivity (Wildman–Crippen MR) is 247 cm³/mol. The molecule has 338 valence electrons. The quantitative estimate of drug-likeness (QED) is 0.111. The Balaban J connectivity index is 0.742. The van der Waals surface area contributed by atoms with Crippen LogP contribution in [0.1, 0.15) is 81.1 Å². The number of benzene rings is 2. The summed E-state index contributed by atoms with van der Waals surface area (Å²) in [6.45, 7) is 14.8. The van der Waals surface area contributed by atoms with Gasteiger partial charge in [-0.25, -0.2) is 4.98 Å². The molecule has 3 saturated heterocycles. The van der Waals surface area contributed by atoms with E-state index in [4.69, 9.17) is 4.52 Å². The standard InChI is InChI=1S/C48H60N10O5S/c1-29(2)44(48(62)58-27-37(59)23-41(58)47(61)51-30(3)32-11-13-33(14-12-32)45-31(4)50-28-64-45)43-22-34(54-63-43)8-7-17-55-18-15-35(16-19-55)56-20-21-57-36(26-56)25-49-46-40(57)24-39(52-53-46)38-9-5-6-10-42(38)60/h5-6,9-14,22,24,28-30,35-37,41,44,59-60H,7-8,15-21,23,25-27H2,1-4H3,(H,49,53)(H,51,61)/t30-,36?,37+,41-,44+/m0/s1. The number of nitrogens with zero attached hydrogens (tertiary/aromatic N) is 8. The fraction of sp³-hybridized carbons (Fsp3) is 0.500. The number of aromatic nitrogens is 4. The molecule has 4 aliphatic rings. The number of nitrogens with one attached hydrogen (secondary N) is 2. The molecule has 0 saturated carbocycles. The van der Waals surface area contributed by atoms with Crippen LogP contribution in [0.15, 0.2) is 70.7 Å². The Bertz CT molecular complexity index is 2420. The van der Waals surface area contributed by atoms with E-state index in [1.54, 1.807) is 17.4 Å². The van der Waals surface area contributed by atoms with E-state index in [0.29, 0.717) is 29.1 Å². The topological polar surface area (TPSA) is 176 Å². The lowest BCUT2D eigenvalue weighted by Gasteiger charge is -2.49. The summed E-state index contributed by atoms with van der Waals surface area (Å²) in [5.41, 5.74) is 8.10. The molecule has 3 aromatic heterocycles. The number of phenols is 1. The monoisotopic (exact) mass is 888 g/mol. The normalized spacial score (nSPS) is 21.6. The number of thiazole rings is 1. The molecule has 16 heteroatoms. The molecule has 9 rings (SSSR count). The first-order valence-corrected chi connectivity index (χ1v) is 23.8. The Morgan fingerprint density at radius 1 is 0.984 bits per heavy atom. The van der Waals surface area contributed by atoms with Gasteiger partial charge in [0.25, 0.3) is 0 Å². The minimum atomic E-state index is -0.792. The number of rotatable bonds is 13. The van der Waals surface area contributed by atoms with Crippen LogP contribution in [0.2, 0.25) is 0 Å². The van der Waals surface area contributed by atoms with E-state index in [0.717, 1.165) is 110 Å². The molecular formula is C48H60N10O5S. The Hall–Kier alpha value is -5.42. The number of aliphatic hydroxyl groups is 1. The van der Waals surface area contributed by atoms with Crippen LogP contribution in [0.3, 0.4) is 0 Å². The summed E-state index contributed by atoms with van der Waals surface area (Å²) in [6, 6.07) is 19.1. The number of anilines is 2. The van der Waals surface area contributed by atoms with Crippen LogP contribution in [-0.2, 0) is 16.0 Å². The zero-order valence-electron chi connectivity index (χ0n) is 37.2. The number of aromatic hydroxyl groups is 1. The Labute approximate surface area is 378 Å². The highest BCUT2D eigenvalue weighted by molar-refractivity contribution is 7.13. The molecular weight excluding hydrogens is 829 g/mol. The zero-order chi connectivity index (χ0) is 44.5. The second kappa shape index (κ2) is 19.0. The lowest BCUT2D eigenvalue weighted by Crippen LogP contribution is -2.60. The molecule has 2 amide bonds. The Morgan fingerprint density at radius 3 is 2.53 bits per heavy atom. The van der Waals surface area contributed by atoms with E-state index in [1.165, 1.54) is 4.90 Å². The van der Waals surface area contributed by atoms with Gasteiger partial charge in [-0.05, 0) is 94.4 Å². The first-order chi connectivity index (χ1) is 31.0. The minimum Gasteiger partial charge on any atom is -0.507 e. The van der Waals surface area contributed by atoms with Gasteiger partial charge in [0.05, 0.1) is 51.3 Å². The fourth-order valence-electron chi connectivity index (χ4n) is 10.2. The second-order valence-electron chi connectivity index (χ2n) is 18.3. The number of β-amino-alcohol motifs (C(OH)–C–C–N with tert-alkyl or cyclic N) is 1. The summed E-state index contributed by atoms with van der Waals surface area (Å²) in [7, 11) is 0. The van der Waals surface area contributed by atoms with E-state index in [9.17, 15) is 19.8 Å². The van der Waals surface area contributed by atoms with Crippen molar-refractivity contribution in [1.29, 1.82) is 0 Å². The highest BCUT2D eigenvalue weighted by Gasteiger charge is 2.44. The lowest BCUT2D eigenvalue weighted by molar-refractivity contribution is -0.141. The van der Waals surface area contributed by atoms with Gasteiger partial charge in [0.1, 0.15) is 23.5 Å². The number of carbonyl (C=O) groups excluding carboxylic acids is 2. The van der Waals surface area contributed by atoms with E-state index < -0.39 is 18.1 Å². The smallest absolute Gasteiger partial charge is 0.243 e. The highest BCUT2D eigenvalue weighted by atomic mass is 32.1. The maximum Gasteiger partial charge on any atom is 0.243 e. The van der Waals surface area contributed by atoms with Crippen LogP contribution >= 0.6 is 11.3 Å². The number of aliphatic hydroxyl groups excluding tert-OH is 1. The summed E-state index contributed by atoms with van der Waals surface area (Å²) < 4.78 is 5.86. The molecule has 7 heterocycles. The first kappa shape index (κ1) is 43.8. The second-order valence-corrected chi connectivity index (χ2v) is 19.2. The molecule has 3 fully saturated rings. The van der Waals surface area contributed by atoms with Gasteiger partial charge in [-0.2, -0.15) is 0 Å². The molecule has 0 bridgehead atoms. The van der Waals surface area contributed by atoms with E-state index in [2.05, 4.69) is 51.7 Å². The third-order valence-electron chi connectivity index (χ3n) is 13.7. The molecule has 0 spiro atoms. The number of piperidine rings is 1. The molecule has 64 heavy (non-hydrogen) atoms. The molecule has 2 aromatic carbocycles. The van der Waals surface area contributed by atoms with Crippen LogP contribution in [-0.4, -0.2) is 134 Å². The van der Waals surface area contributed by atoms with Crippen molar-refractivity contribution in [2.75, 3.05) is 62.6 Å². The van der Waals surface area contributed by atoms with Crippen molar-refractivity contribution < 1.29 is 24.3 Å². The van der Waals surface area contributed by atoms with E-state index >= 15 is 0 Å². The number of piperazine rings is 1. The van der Waals surface area contributed by atoms with Crippen LogP contribution < -0.4 is 15.5 Å². The van der Waals surface area contributed by atoms with Gasteiger partial charge in [-0.15, -0.1) is 21.5 Å². The number of hydrogen-bond donors (Lipinski definition) is 4. The molecule has 0 radical (unpaired) electrons. The summed E-state index contributed by atoms with van der Waals surface area (Å²) in [6.07, 6.45) is 3.33. The van der Waals surface area contributed by atoms with Crippen molar-refractivity contribution in [2.24, 2.45) is 5.92 Å². The number of para-hydroxylation sites is 1. The number of phenolic OH excluding ortho intramolecular Hbond substituents is 1. The molecule has 5 aromatic rings. The van der Waals surface area contributed by atoms with Crippen molar-refractivity contribution in [3.8, 4) is 27.4 Å².